The highest BCUT2D eigenvalue weighted by Crippen LogP contribution is 2.22. The van der Waals surface area contributed by atoms with Crippen LogP contribution in [0.1, 0.15) is 63.1 Å². The second-order valence-electron chi connectivity index (χ2n) is 7.24. The second kappa shape index (κ2) is 13.3. The number of unbranched alkanes of at least 4 members (excludes halogenated alkanes) is 3. The van der Waals surface area contributed by atoms with Gasteiger partial charge in [-0.2, -0.15) is 0 Å². The van der Waals surface area contributed by atoms with Crippen molar-refractivity contribution in [3.8, 4) is 5.75 Å². The minimum Gasteiger partial charge on any atom is -0.494 e. The van der Waals surface area contributed by atoms with E-state index in [1.165, 1.54) is 26.4 Å². The molecular formula is C26H33NO4. The molecule has 5 nitrogen and oxygen atoms in total. The zero-order chi connectivity index (χ0) is 22.5. The number of oxime groups is 1. The molecule has 0 aromatic heterocycles. The Labute approximate surface area is 185 Å². The van der Waals surface area contributed by atoms with Gasteiger partial charge in [-0.15, -0.1) is 0 Å². The molecule has 0 spiro atoms. The standard InChI is InChI=1S/C26H33NO4/c1-5-7-8-11-17-30-23-15-12-14-21(18-23)20(3)27-31-19-22-13-9-10-16-25(22)24(6-2)26(28)29-4/h6,9-10,12-16,18H,5,7-8,11,17,19H2,1-4H3. The SMILES string of the molecule is CC=C(C(=O)OC)c1ccccc1CON=C(C)c1cccc(OCCCCCC)c1. The van der Waals surface area contributed by atoms with Crippen molar-refractivity contribution < 1.29 is 19.1 Å². The van der Waals surface area contributed by atoms with Gasteiger partial charge in [0.25, 0.3) is 0 Å². The zero-order valence-corrected chi connectivity index (χ0v) is 19.0. The zero-order valence-electron chi connectivity index (χ0n) is 19.0. The minimum atomic E-state index is -0.374. The largest absolute Gasteiger partial charge is 0.494 e. The van der Waals surface area contributed by atoms with Gasteiger partial charge in [-0.05, 0) is 38.0 Å². The molecule has 31 heavy (non-hydrogen) atoms. The lowest BCUT2D eigenvalue weighted by atomic mass is 10.00. The third-order valence-corrected chi connectivity index (χ3v) is 4.94. The maximum Gasteiger partial charge on any atom is 0.338 e. The van der Waals surface area contributed by atoms with Crippen LogP contribution in [0.3, 0.4) is 0 Å². The van der Waals surface area contributed by atoms with Gasteiger partial charge >= 0.3 is 5.97 Å². The minimum absolute atomic E-state index is 0.246. The topological polar surface area (TPSA) is 57.1 Å². The van der Waals surface area contributed by atoms with E-state index in [0.717, 1.165) is 41.2 Å². The number of carbonyl (C=O) groups excluding carboxylic acids is 1. The number of hydrogen-bond acceptors (Lipinski definition) is 5. The summed E-state index contributed by atoms with van der Waals surface area (Å²) in [6, 6.07) is 15.5. The molecule has 0 saturated heterocycles. The molecule has 0 unspecified atom stereocenters. The molecular weight excluding hydrogens is 390 g/mol. The molecule has 0 aliphatic rings. The average Bonchev–Trinajstić information content (AvgIpc) is 2.80. The van der Waals surface area contributed by atoms with E-state index in [0.29, 0.717) is 5.57 Å². The number of carbonyl (C=O) groups is 1. The van der Waals surface area contributed by atoms with Crippen LogP contribution in [0.25, 0.3) is 5.57 Å². The summed E-state index contributed by atoms with van der Waals surface area (Å²) >= 11 is 0. The molecule has 0 radical (unpaired) electrons. The van der Waals surface area contributed by atoms with Crippen molar-refractivity contribution in [1.29, 1.82) is 0 Å². The number of allylic oxidation sites excluding steroid dienone is 1. The van der Waals surface area contributed by atoms with Crippen molar-refractivity contribution in [1.82, 2.24) is 0 Å². The summed E-state index contributed by atoms with van der Waals surface area (Å²) in [6.07, 6.45) is 6.45. The summed E-state index contributed by atoms with van der Waals surface area (Å²) in [5.41, 5.74) is 3.85. The second-order valence-corrected chi connectivity index (χ2v) is 7.24. The summed E-state index contributed by atoms with van der Waals surface area (Å²) in [5.74, 6) is 0.464. The van der Waals surface area contributed by atoms with E-state index in [9.17, 15) is 4.79 Å². The van der Waals surface area contributed by atoms with Gasteiger partial charge < -0.3 is 14.3 Å². The Morgan fingerprint density at radius 3 is 2.61 bits per heavy atom. The lowest BCUT2D eigenvalue weighted by Gasteiger charge is -2.11. The van der Waals surface area contributed by atoms with Gasteiger partial charge in [0.2, 0.25) is 0 Å². The number of nitrogens with zero attached hydrogens (tertiary/aromatic N) is 1. The first-order valence-corrected chi connectivity index (χ1v) is 10.8. The van der Waals surface area contributed by atoms with Crippen LogP contribution in [-0.2, 0) is 21.0 Å². The fourth-order valence-corrected chi connectivity index (χ4v) is 3.18. The van der Waals surface area contributed by atoms with Crippen LogP contribution in [0, 0.1) is 0 Å². The Kier molecular flexibility index (Phi) is 10.4. The summed E-state index contributed by atoms with van der Waals surface area (Å²) in [7, 11) is 1.38. The quantitative estimate of drug-likeness (QED) is 0.135. The maximum atomic E-state index is 12.1. The lowest BCUT2D eigenvalue weighted by Crippen LogP contribution is -2.06. The number of methoxy groups -OCH3 is 1. The third-order valence-electron chi connectivity index (χ3n) is 4.94. The van der Waals surface area contributed by atoms with Gasteiger partial charge in [0.1, 0.15) is 12.4 Å². The van der Waals surface area contributed by atoms with Gasteiger partial charge in [0.15, 0.2) is 0 Å². The molecule has 0 saturated carbocycles. The van der Waals surface area contributed by atoms with Crippen molar-refractivity contribution in [3.05, 3.63) is 71.3 Å². The normalized spacial score (nSPS) is 11.9. The Morgan fingerprint density at radius 1 is 1.06 bits per heavy atom. The summed E-state index contributed by atoms with van der Waals surface area (Å²) in [4.78, 5) is 17.7. The molecule has 0 aliphatic heterocycles. The van der Waals surface area contributed by atoms with E-state index in [-0.39, 0.29) is 12.6 Å². The van der Waals surface area contributed by atoms with Crippen LogP contribution in [-0.4, -0.2) is 25.4 Å². The number of hydrogen-bond donors (Lipinski definition) is 0. The molecule has 5 heteroatoms. The first-order chi connectivity index (χ1) is 15.1. The monoisotopic (exact) mass is 423 g/mol. The van der Waals surface area contributed by atoms with E-state index in [2.05, 4.69) is 12.1 Å². The Balaban J connectivity index is 2.01. The number of ether oxygens (including phenoxy) is 2. The lowest BCUT2D eigenvalue weighted by molar-refractivity contribution is -0.133. The predicted octanol–water partition coefficient (Wildman–Crippen LogP) is 6.16. The van der Waals surface area contributed by atoms with Crippen LogP contribution in [0.4, 0.5) is 0 Å². The fourth-order valence-electron chi connectivity index (χ4n) is 3.18. The van der Waals surface area contributed by atoms with Crippen LogP contribution in [0.2, 0.25) is 0 Å². The van der Waals surface area contributed by atoms with E-state index in [1.54, 1.807) is 6.08 Å². The molecule has 0 amide bonds. The van der Waals surface area contributed by atoms with Crippen molar-refractivity contribution in [2.75, 3.05) is 13.7 Å². The van der Waals surface area contributed by atoms with Crippen LogP contribution in [0.15, 0.2) is 59.8 Å². The fraction of sp³-hybridized carbons (Fsp3) is 0.385. The molecule has 0 bridgehead atoms. The first kappa shape index (κ1) is 24.2. The van der Waals surface area contributed by atoms with Gasteiger partial charge in [-0.1, -0.05) is 73.8 Å². The predicted molar refractivity (Wildman–Crippen MR) is 125 cm³/mol. The molecule has 0 fully saturated rings. The highest BCUT2D eigenvalue weighted by molar-refractivity contribution is 6.16. The molecule has 2 aromatic carbocycles. The molecule has 166 valence electrons. The van der Waals surface area contributed by atoms with Crippen molar-refractivity contribution >= 4 is 17.3 Å². The third kappa shape index (κ3) is 7.59. The van der Waals surface area contributed by atoms with Gasteiger partial charge in [0, 0.05) is 11.1 Å². The average molecular weight is 424 g/mol. The van der Waals surface area contributed by atoms with Gasteiger partial charge in [0.05, 0.1) is 25.0 Å². The molecule has 0 aliphatic carbocycles. The molecule has 0 atom stereocenters. The highest BCUT2D eigenvalue weighted by atomic mass is 16.6. The summed E-state index contributed by atoms with van der Waals surface area (Å²) < 4.78 is 10.7. The van der Waals surface area contributed by atoms with E-state index < -0.39 is 0 Å². The van der Waals surface area contributed by atoms with Crippen LogP contribution < -0.4 is 4.74 Å². The van der Waals surface area contributed by atoms with Crippen molar-refractivity contribution in [2.24, 2.45) is 5.16 Å². The van der Waals surface area contributed by atoms with Gasteiger partial charge in [-0.25, -0.2) is 4.79 Å². The number of esters is 1. The van der Waals surface area contributed by atoms with Crippen LogP contribution >= 0.6 is 0 Å². The number of rotatable bonds is 12. The first-order valence-electron chi connectivity index (χ1n) is 10.8. The van der Waals surface area contributed by atoms with Crippen molar-refractivity contribution in [3.63, 3.8) is 0 Å². The number of benzene rings is 2. The Bertz CT molecular complexity index is 902. The van der Waals surface area contributed by atoms with E-state index >= 15 is 0 Å². The Morgan fingerprint density at radius 2 is 1.87 bits per heavy atom. The van der Waals surface area contributed by atoms with Crippen molar-refractivity contribution in [2.45, 2.75) is 53.1 Å². The van der Waals surface area contributed by atoms with Crippen LogP contribution in [0.5, 0.6) is 5.75 Å². The molecule has 2 rings (SSSR count). The van der Waals surface area contributed by atoms with Gasteiger partial charge in [-0.3, -0.25) is 0 Å². The van der Waals surface area contributed by atoms with E-state index in [1.807, 2.05) is 62.4 Å². The molecule has 0 heterocycles. The molecule has 2 aromatic rings. The molecule has 0 N–H and O–H groups in total. The Hall–Kier alpha value is -3.08. The summed E-state index contributed by atoms with van der Waals surface area (Å²) in [5, 5.41) is 4.27. The van der Waals surface area contributed by atoms with E-state index in [4.69, 9.17) is 14.3 Å². The smallest absolute Gasteiger partial charge is 0.338 e. The maximum absolute atomic E-state index is 12.1. The summed E-state index contributed by atoms with van der Waals surface area (Å²) in [6.45, 7) is 6.88. The highest BCUT2D eigenvalue weighted by Gasteiger charge is 2.15.